The molecule has 0 aliphatic rings. The first kappa shape index (κ1) is 17.5. The maximum absolute atomic E-state index is 6.23. The Hall–Kier alpha value is -2.96. The SMILES string of the molecule is Cc1ccc(Nc2nc(Nc3cccc(Cl)c3)nc3nccnc23)cc1Cl. The number of nitrogens with one attached hydrogen (secondary N) is 2. The lowest BCUT2D eigenvalue weighted by Gasteiger charge is -2.11. The molecule has 8 heteroatoms. The maximum Gasteiger partial charge on any atom is 0.231 e. The largest absolute Gasteiger partial charge is 0.338 e. The van der Waals surface area contributed by atoms with E-state index in [1.807, 2.05) is 37.3 Å². The Kier molecular flexibility index (Phi) is 4.75. The first-order chi connectivity index (χ1) is 13.1. The number of aryl methyl sites for hydroxylation is 1. The van der Waals surface area contributed by atoms with Crippen LogP contribution in [-0.2, 0) is 0 Å². The molecule has 2 aromatic carbocycles. The fourth-order valence-corrected chi connectivity index (χ4v) is 2.88. The first-order valence-electron chi connectivity index (χ1n) is 8.13. The fourth-order valence-electron chi connectivity index (χ4n) is 2.51. The lowest BCUT2D eigenvalue weighted by molar-refractivity contribution is 1.15. The summed E-state index contributed by atoms with van der Waals surface area (Å²) in [5.41, 5.74) is 3.60. The summed E-state index contributed by atoms with van der Waals surface area (Å²) in [4.78, 5) is 17.6. The van der Waals surface area contributed by atoms with E-state index in [2.05, 4.69) is 30.6 Å². The summed E-state index contributed by atoms with van der Waals surface area (Å²) in [6, 6.07) is 13.0. The van der Waals surface area contributed by atoms with Crippen molar-refractivity contribution in [2.75, 3.05) is 10.6 Å². The van der Waals surface area contributed by atoms with Gasteiger partial charge in [-0.1, -0.05) is 35.3 Å². The topological polar surface area (TPSA) is 75.6 Å². The molecule has 2 N–H and O–H groups in total. The highest BCUT2D eigenvalue weighted by Crippen LogP contribution is 2.27. The van der Waals surface area contributed by atoms with Gasteiger partial charge in [0.15, 0.2) is 17.0 Å². The van der Waals surface area contributed by atoms with Gasteiger partial charge in [0.05, 0.1) is 0 Å². The third-order valence-electron chi connectivity index (χ3n) is 3.85. The highest BCUT2D eigenvalue weighted by Gasteiger charge is 2.11. The quantitative estimate of drug-likeness (QED) is 0.472. The Morgan fingerprint density at radius 3 is 2.48 bits per heavy atom. The molecule has 4 rings (SSSR count). The van der Waals surface area contributed by atoms with Crippen LogP contribution >= 0.6 is 23.2 Å². The van der Waals surface area contributed by atoms with Crippen LogP contribution in [0.1, 0.15) is 5.56 Å². The van der Waals surface area contributed by atoms with E-state index in [0.29, 0.717) is 33.0 Å². The summed E-state index contributed by atoms with van der Waals surface area (Å²) in [5.74, 6) is 0.906. The Morgan fingerprint density at radius 2 is 1.67 bits per heavy atom. The van der Waals surface area contributed by atoms with Gasteiger partial charge < -0.3 is 10.6 Å². The minimum absolute atomic E-state index is 0.381. The molecule has 2 heterocycles. The number of halogens is 2. The smallest absolute Gasteiger partial charge is 0.231 e. The van der Waals surface area contributed by atoms with E-state index in [1.54, 1.807) is 24.5 Å². The van der Waals surface area contributed by atoms with E-state index >= 15 is 0 Å². The summed E-state index contributed by atoms with van der Waals surface area (Å²) in [7, 11) is 0. The van der Waals surface area contributed by atoms with Crippen LogP contribution in [0.2, 0.25) is 10.0 Å². The molecule has 0 saturated carbocycles. The van der Waals surface area contributed by atoms with Crippen LogP contribution < -0.4 is 10.6 Å². The zero-order chi connectivity index (χ0) is 18.8. The minimum atomic E-state index is 0.381. The van der Waals surface area contributed by atoms with Gasteiger partial charge in [0, 0.05) is 33.8 Å². The van der Waals surface area contributed by atoms with E-state index in [-0.39, 0.29) is 0 Å². The van der Waals surface area contributed by atoms with Crippen LogP contribution in [0.3, 0.4) is 0 Å². The molecule has 0 bridgehead atoms. The van der Waals surface area contributed by atoms with Gasteiger partial charge in [0.1, 0.15) is 0 Å². The van der Waals surface area contributed by atoms with Crippen LogP contribution in [0, 0.1) is 6.92 Å². The maximum atomic E-state index is 6.23. The third-order valence-corrected chi connectivity index (χ3v) is 4.49. The molecule has 0 fully saturated rings. The predicted octanol–water partition coefficient (Wildman–Crippen LogP) is 5.52. The molecule has 6 nitrogen and oxygen atoms in total. The van der Waals surface area contributed by atoms with E-state index in [0.717, 1.165) is 16.9 Å². The van der Waals surface area contributed by atoms with Gasteiger partial charge in [-0.2, -0.15) is 9.97 Å². The molecule has 0 saturated heterocycles. The summed E-state index contributed by atoms with van der Waals surface area (Å²) in [6.45, 7) is 1.95. The second-order valence-electron chi connectivity index (χ2n) is 5.85. The Bertz CT molecular complexity index is 1130. The van der Waals surface area contributed by atoms with Gasteiger partial charge >= 0.3 is 0 Å². The highest BCUT2D eigenvalue weighted by atomic mass is 35.5. The Morgan fingerprint density at radius 1 is 0.852 bits per heavy atom. The molecular weight excluding hydrogens is 383 g/mol. The van der Waals surface area contributed by atoms with Gasteiger partial charge in [0.2, 0.25) is 5.95 Å². The summed E-state index contributed by atoms with van der Waals surface area (Å²) < 4.78 is 0. The summed E-state index contributed by atoms with van der Waals surface area (Å²) in [5, 5.41) is 7.68. The van der Waals surface area contributed by atoms with Crippen molar-refractivity contribution in [2.24, 2.45) is 0 Å². The van der Waals surface area contributed by atoms with Crippen molar-refractivity contribution >= 4 is 57.5 Å². The van der Waals surface area contributed by atoms with Crippen LogP contribution in [0.5, 0.6) is 0 Å². The number of fused-ring (bicyclic) bond motifs is 1. The number of rotatable bonds is 4. The summed E-state index contributed by atoms with van der Waals surface area (Å²) in [6.07, 6.45) is 3.19. The summed E-state index contributed by atoms with van der Waals surface area (Å²) >= 11 is 12.3. The lowest BCUT2D eigenvalue weighted by atomic mass is 10.2. The molecule has 27 heavy (non-hydrogen) atoms. The highest BCUT2D eigenvalue weighted by molar-refractivity contribution is 6.31. The van der Waals surface area contributed by atoms with Gasteiger partial charge in [-0.05, 0) is 42.8 Å². The van der Waals surface area contributed by atoms with Gasteiger partial charge in [-0.15, -0.1) is 0 Å². The van der Waals surface area contributed by atoms with Crippen LogP contribution in [0.25, 0.3) is 11.2 Å². The molecule has 0 spiro atoms. The lowest BCUT2D eigenvalue weighted by Crippen LogP contribution is -2.04. The first-order valence-corrected chi connectivity index (χ1v) is 8.88. The van der Waals surface area contributed by atoms with Gasteiger partial charge in [0.25, 0.3) is 0 Å². The number of anilines is 4. The fraction of sp³-hybridized carbons (Fsp3) is 0.0526. The van der Waals surface area contributed by atoms with Crippen molar-refractivity contribution < 1.29 is 0 Å². The molecule has 0 amide bonds. The molecule has 4 aromatic rings. The van der Waals surface area contributed by atoms with E-state index in [4.69, 9.17) is 23.2 Å². The molecule has 0 unspecified atom stereocenters. The zero-order valence-electron chi connectivity index (χ0n) is 14.2. The average molecular weight is 397 g/mol. The second-order valence-corrected chi connectivity index (χ2v) is 6.69. The van der Waals surface area contributed by atoms with Crippen molar-refractivity contribution in [3.63, 3.8) is 0 Å². The van der Waals surface area contributed by atoms with Crippen molar-refractivity contribution in [3.8, 4) is 0 Å². The Balaban J connectivity index is 1.75. The average Bonchev–Trinajstić information content (AvgIpc) is 2.65. The number of hydrogen-bond acceptors (Lipinski definition) is 6. The number of benzene rings is 2. The van der Waals surface area contributed by atoms with E-state index in [9.17, 15) is 0 Å². The molecule has 0 aliphatic carbocycles. The standard InChI is InChI=1S/C19H14Cl2N6/c1-11-5-6-14(10-15(11)21)24-18-16-17(23-8-7-22-16)26-19(27-18)25-13-4-2-3-12(20)9-13/h2-10H,1H3,(H2,23,24,25,26,27). The zero-order valence-corrected chi connectivity index (χ0v) is 15.8. The third kappa shape index (κ3) is 3.92. The van der Waals surface area contributed by atoms with Crippen molar-refractivity contribution in [1.29, 1.82) is 0 Å². The minimum Gasteiger partial charge on any atom is -0.338 e. The number of aromatic nitrogens is 4. The van der Waals surface area contributed by atoms with E-state index in [1.165, 1.54) is 0 Å². The van der Waals surface area contributed by atoms with Crippen molar-refractivity contribution in [1.82, 2.24) is 19.9 Å². The monoisotopic (exact) mass is 396 g/mol. The molecule has 134 valence electrons. The molecule has 0 radical (unpaired) electrons. The normalized spacial score (nSPS) is 10.8. The van der Waals surface area contributed by atoms with Crippen LogP contribution in [0.4, 0.5) is 23.1 Å². The number of hydrogen-bond donors (Lipinski definition) is 2. The van der Waals surface area contributed by atoms with Crippen LogP contribution in [-0.4, -0.2) is 19.9 Å². The van der Waals surface area contributed by atoms with Crippen molar-refractivity contribution in [2.45, 2.75) is 6.92 Å². The second kappa shape index (κ2) is 7.34. The molecular formula is C19H14Cl2N6. The van der Waals surface area contributed by atoms with Crippen LogP contribution in [0.15, 0.2) is 54.9 Å². The number of nitrogens with zero attached hydrogens (tertiary/aromatic N) is 4. The molecule has 0 aliphatic heterocycles. The van der Waals surface area contributed by atoms with Gasteiger partial charge in [-0.25, -0.2) is 9.97 Å². The molecule has 2 aromatic heterocycles. The van der Waals surface area contributed by atoms with E-state index < -0.39 is 0 Å². The van der Waals surface area contributed by atoms with Gasteiger partial charge in [-0.3, -0.25) is 0 Å². The predicted molar refractivity (Wildman–Crippen MR) is 109 cm³/mol. The Labute approximate surface area is 165 Å². The molecule has 0 atom stereocenters. The van der Waals surface area contributed by atoms with Crippen molar-refractivity contribution in [3.05, 3.63) is 70.5 Å².